The minimum absolute atomic E-state index is 0.220. The van der Waals surface area contributed by atoms with Gasteiger partial charge in [-0.3, -0.25) is 4.79 Å². The molecule has 0 bridgehead atoms. The van der Waals surface area contributed by atoms with Gasteiger partial charge in [0.05, 0.1) is 0 Å². The van der Waals surface area contributed by atoms with Gasteiger partial charge in [0.15, 0.2) is 0 Å². The lowest BCUT2D eigenvalue weighted by Gasteiger charge is -2.07. The highest BCUT2D eigenvalue weighted by molar-refractivity contribution is 5.94. The highest BCUT2D eigenvalue weighted by Crippen LogP contribution is 2.02. The Kier molecular flexibility index (Phi) is 4.44. The average molecular weight is 259 g/mol. The normalized spacial score (nSPS) is 9.95. The van der Waals surface area contributed by atoms with Gasteiger partial charge >= 0.3 is 0 Å². The number of halogens is 1. The lowest BCUT2D eigenvalue weighted by atomic mass is 10.2. The molecule has 0 radical (unpaired) electrons. The number of pyridine rings is 1. The Balaban J connectivity index is 1.74. The van der Waals surface area contributed by atoms with E-state index < -0.39 is 0 Å². The van der Waals surface area contributed by atoms with E-state index in [-0.39, 0.29) is 11.7 Å². The van der Waals surface area contributed by atoms with E-state index in [0.29, 0.717) is 18.7 Å². The van der Waals surface area contributed by atoms with Crippen molar-refractivity contribution < 1.29 is 9.18 Å². The Morgan fingerprint density at radius 3 is 2.58 bits per heavy atom. The number of anilines is 1. The number of hydrogen-bond donors (Lipinski definition) is 2. The smallest absolute Gasteiger partial charge is 0.251 e. The predicted molar refractivity (Wildman–Crippen MR) is 71.5 cm³/mol. The quantitative estimate of drug-likeness (QED) is 0.808. The summed E-state index contributed by atoms with van der Waals surface area (Å²) >= 11 is 0. The second kappa shape index (κ2) is 6.49. The van der Waals surface area contributed by atoms with Gasteiger partial charge in [-0.15, -0.1) is 0 Å². The van der Waals surface area contributed by atoms with E-state index in [1.807, 2.05) is 18.2 Å². The summed E-state index contributed by atoms with van der Waals surface area (Å²) in [4.78, 5) is 15.8. The van der Waals surface area contributed by atoms with Crippen LogP contribution in [0.4, 0.5) is 10.2 Å². The van der Waals surface area contributed by atoms with Crippen molar-refractivity contribution in [1.29, 1.82) is 0 Å². The summed E-state index contributed by atoms with van der Waals surface area (Å²) in [5.41, 5.74) is 0.444. The number of carbonyl (C=O) groups is 1. The van der Waals surface area contributed by atoms with Gasteiger partial charge < -0.3 is 10.6 Å². The first-order valence-corrected chi connectivity index (χ1v) is 5.94. The van der Waals surface area contributed by atoms with Crippen LogP contribution in [0, 0.1) is 5.82 Å². The third kappa shape index (κ3) is 4.06. The Hall–Kier alpha value is -2.43. The molecular weight excluding hydrogens is 245 g/mol. The molecule has 0 spiro atoms. The number of nitrogens with one attached hydrogen (secondary N) is 2. The van der Waals surface area contributed by atoms with E-state index >= 15 is 0 Å². The van der Waals surface area contributed by atoms with Gasteiger partial charge in [0, 0.05) is 24.8 Å². The summed E-state index contributed by atoms with van der Waals surface area (Å²) in [6.07, 6.45) is 1.69. The highest BCUT2D eigenvalue weighted by Gasteiger charge is 2.04. The molecule has 2 N–H and O–H groups in total. The van der Waals surface area contributed by atoms with Crippen LogP contribution in [0.2, 0.25) is 0 Å². The molecule has 0 atom stereocenters. The monoisotopic (exact) mass is 259 g/mol. The van der Waals surface area contributed by atoms with Crippen molar-refractivity contribution in [3.63, 3.8) is 0 Å². The van der Waals surface area contributed by atoms with Crippen LogP contribution in [-0.2, 0) is 0 Å². The summed E-state index contributed by atoms with van der Waals surface area (Å²) in [5.74, 6) is 0.190. The van der Waals surface area contributed by atoms with Gasteiger partial charge in [-0.1, -0.05) is 6.07 Å². The summed E-state index contributed by atoms with van der Waals surface area (Å²) in [5, 5.41) is 5.81. The summed E-state index contributed by atoms with van der Waals surface area (Å²) in [7, 11) is 0. The molecule has 0 aliphatic rings. The van der Waals surface area contributed by atoms with E-state index in [2.05, 4.69) is 15.6 Å². The summed E-state index contributed by atoms with van der Waals surface area (Å²) in [6.45, 7) is 1.04. The zero-order valence-electron chi connectivity index (χ0n) is 10.3. The third-order valence-electron chi connectivity index (χ3n) is 2.49. The number of nitrogens with zero attached hydrogens (tertiary/aromatic N) is 1. The van der Waals surface area contributed by atoms with E-state index in [9.17, 15) is 9.18 Å². The lowest BCUT2D eigenvalue weighted by molar-refractivity contribution is 0.0955. The molecule has 2 rings (SSSR count). The minimum atomic E-state index is -0.353. The highest BCUT2D eigenvalue weighted by atomic mass is 19.1. The molecule has 0 aliphatic heterocycles. The van der Waals surface area contributed by atoms with Crippen molar-refractivity contribution in [3.8, 4) is 0 Å². The fraction of sp³-hybridized carbons (Fsp3) is 0.143. The molecule has 1 heterocycles. The standard InChI is InChI=1S/C14H14FN3O/c15-12-6-4-11(5-7-12)14(19)18-10-9-17-13-3-1-2-8-16-13/h1-8H,9-10H2,(H,16,17)(H,18,19). The van der Waals surface area contributed by atoms with Crippen molar-refractivity contribution in [2.75, 3.05) is 18.4 Å². The van der Waals surface area contributed by atoms with Crippen molar-refractivity contribution >= 4 is 11.7 Å². The Labute approximate surface area is 110 Å². The van der Waals surface area contributed by atoms with Gasteiger partial charge in [-0.2, -0.15) is 0 Å². The van der Waals surface area contributed by atoms with Crippen molar-refractivity contribution in [2.45, 2.75) is 0 Å². The van der Waals surface area contributed by atoms with Crippen LogP contribution in [-0.4, -0.2) is 24.0 Å². The van der Waals surface area contributed by atoms with Crippen LogP contribution in [0.1, 0.15) is 10.4 Å². The number of rotatable bonds is 5. The van der Waals surface area contributed by atoms with Crippen molar-refractivity contribution in [2.24, 2.45) is 0 Å². The van der Waals surface area contributed by atoms with Crippen molar-refractivity contribution in [3.05, 3.63) is 60.0 Å². The zero-order valence-corrected chi connectivity index (χ0v) is 10.3. The molecule has 1 aromatic carbocycles. The summed E-state index contributed by atoms with van der Waals surface area (Å²) < 4.78 is 12.7. The Morgan fingerprint density at radius 1 is 1.11 bits per heavy atom. The molecule has 19 heavy (non-hydrogen) atoms. The molecule has 0 fully saturated rings. The topological polar surface area (TPSA) is 54.0 Å². The molecule has 0 aliphatic carbocycles. The largest absolute Gasteiger partial charge is 0.368 e. The number of benzene rings is 1. The molecule has 0 saturated heterocycles. The van der Waals surface area contributed by atoms with E-state index in [1.54, 1.807) is 6.20 Å². The van der Waals surface area contributed by atoms with Crippen LogP contribution < -0.4 is 10.6 Å². The van der Waals surface area contributed by atoms with Crippen LogP contribution in [0.3, 0.4) is 0 Å². The third-order valence-corrected chi connectivity index (χ3v) is 2.49. The molecule has 1 amide bonds. The van der Waals surface area contributed by atoms with Gasteiger partial charge in [0.2, 0.25) is 0 Å². The SMILES string of the molecule is O=C(NCCNc1ccccn1)c1ccc(F)cc1. The molecule has 0 saturated carbocycles. The van der Waals surface area contributed by atoms with Gasteiger partial charge in [0.1, 0.15) is 11.6 Å². The number of aromatic nitrogens is 1. The lowest BCUT2D eigenvalue weighted by Crippen LogP contribution is -2.28. The molecule has 1 aromatic heterocycles. The Bertz CT molecular complexity index is 528. The Morgan fingerprint density at radius 2 is 1.89 bits per heavy atom. The first kappa shape index (κ1) is 13.0. The van der Waals surface area contributed by atoms with Crippen LogP contribution >= 0.6 is 0 Å². The van der Waals surface area contributed by atoms with Gasteiger partial charge in [0.25, 0.3) is 5.91 Å². The maximum Gasteiger partial charge on any atom is 0.251 e. The molecule has 5 heteroatoms. The van der Waals surface area contributed by atoms with Crippen molar-refractivity contribution in [1.82, 2.24) is 10.3 Å². The zero-order chi connectivity index (χ0) is 13.5. The second-order valence-electron chi connectivity index (χ2n) is 3.90. The first-order chi connectivity index (χ1) is 9.25. The van der Waals surface area contributed by atoms with E-state index in [4.69, 9.17) is 0 Å². The van der Waals surface area contributed by atoms with E-state index in [0.717, 1.165) is 5.82 Å². The predicted octanol–water partition coefficient (Wildman–Crippen LogP) is 2.06. The maximum absolute atomic E-state index is 12.7. The molecule has 4 nitrogen and oxygen atoms in total. The van der Waals surface area contributed by atoms with E-state index in [1.165, 1.54) is 24.3 Å². The minimum Gasteiger partial charge on any atom is -0.368 e. The molecule has 98 valence electrons. The van der Waals surface area contributed by atoms with Gasteiger partial charge in [-0.05, 0) is 36.4 Å². The van der Waals surface area contributed by atoms with Crippen LogP contribution in [0.5, 0.6) is 0 Å². The number of amides is 1. The fourth-order valence-corrected chi connectivity index (χ4v) is 1.54. The summed E-state index contributed by atoms with van der Waals surface area (Å²) in [6, 6.07) is 11.0. The van der Waals surface area contributed by atoms with Crippen LogP contribution in [0.15, 0.2) is 48.7 Å². The maximum atomic E-state index is 12.7. The van der Waals surface area contributed by atoms with Gasteiger partial charge in [-0.25, -0.2) is 9.37 Å². The van der Waals surface area contributed by atoms with Crippen LogP contribution in [0.25, 0.3) is 0 Å². The fourth-order valence-electron chi connectivity index (χ4n) is 1.54. The first-order valence-electron chi connectivity index (χ1n) is 5.94. The molecule has 2 aromatic rings. The average Bonchev–Trinajstić information content (AvgIpc) is 2.45. The molecular formula is C14H14FN3O. The number of hydrogen-bond acceptors (Lipinski definition) is 3. The molecule has 0 unspecified atom stereocenters. The second-order valence-corrected chi connectivity index (χ2v) is 3.90. The number of carbonyl (C=O) groups excluding carboxylic acids is 1.